The molecule has 32 heavy (non-hydrogen) atoms. The van der Waals surface area contributed by atoms with Crippen molar-refractivity contribution in [2.24, 2.45) is 13.0 Å². The molecular formula is C26H32N4O2. The van der Waals surface area contributed by atoms with E-state index in [-0.39, 0.29) is 11.9 Å². The lowest BCUT2D eigenvalue weighted by atomic mass is 10.0. The molecule has 0 fully saturated rings. The van der Waals surface area contributed by atoms with Crippen LogP contribution in [-0.4, -0.2) is 33.2 Å². The third kappa shape index (κ3) is 4.79. The van der Waals surface area contributed by atoms with Crippen molar-refractivity contribution in [3.05, 3.63) is 77.1 Å². The first-order chi connectivity index (χ1) is 15.4. The van der Waals surface area contributed by atoms with Gasteiger partial charge >= 0.3 is 0 Å². The molecule has 0 saturated heterocycles. The van der Waals surface area contributed by atoms with Gasteiger partial charge in [0.05, 0.1) is 17.3 Å². The van der Waals surface area contributed by atoms with Crippen molar-refractivity contribution in [3.8, 4) is 5.75 Å². The summed E-state index contributed by atoms with van der Waals surface area (Å²) in [7, 11) is 1.85. The van der Waals surface area contributed by atoms with Crippen LogP contribution in [0.2, 0.25) is 0 Å². The van der Waals surface area contributed by atoms with Crippen molar-refractivity contribution in [3.63, 3.8) is 0 Å². The second-order valence-corrected chi connectivity index (χ2v) is 8.95. The van der Waals surface area contributed by atoms with E-state index in [9.17, 15) is 4.79 Å². The molecule has 0 aliphatic carbocycles. The number of nitrogens with zero attached hydrogens (tertiary/aromatic N) is 3. The topological polar surface area (TPSA) is 59.4 Å². The Morgan fingerprint density at radius 1 is 1.16 bits per heavy atom. The first kappa shape index (κ1) is 21.9. The molecule has 4 rings (SSSR count). The number of hydrogen-bond acceptors (Lipinski definition) is 4. The minimum atomic E-state index is -0.0682. The molecule has 2 aromatic carbocycles. The zero-order valence-electron chi connectivity index (χ0n) is 19.3. The number of aromatic nitrogens is 2. The fourth-order valence-electron chi connectivity index (χ4n) is 4.34. The third-order valence-electron chi connectivity index (χ3n) is 5.92. The summed E-state index contributed by atoms with van der Waals surface area (Å²) in [6.07, 6.45) is 2.66. The maximum absolute atomic E-state index is 13.8. The molecule has 0 unspecified atom stereocenters. The van der Waals surface area contributed by atoms with E-state index in [1.807, 2.05) is 55.4 Å². The maximum Gasteiger partial charge on any atom is 0.257 e. The van der Waals surface area contributed by atoms with Crippen LogP contribution in [0.15, 0.2) is 54.7 Å². The number of amides is 1. The van der Waals surface area contributed by atoms with Gasteiger partial charge in [-0.1, -0.05) is 50.2 Å². The SMILES string of the molecule is Cc1nn(C)cc1C(=O)N1Cc2ccccc2NCc2ccccc2OC[C@@H]1CC(C)C. The quantitative estimate of drug-likeness (QED) is 0.646. The highest BCUT2D eigenvalue weighted by Gasteiger charge is 2.29. The lowest BCUT2D eigenvalue weighted by molar-refractivity contribution is 0.0557. The van der Waals surface area contributed by atoms with Gasteiger partial charge in [-0.05, 0) is 37.0 Å². The van der Waals surface area contributed by atoms with E-state index in [0.29, 0.717) is 31.2 Å². The van der Waals surface area contributed by atoms with Gasteiger partial charge in [0.15, 0.2) is 0 Å². The van der Waals surface area contributed by atoms with Crippen molar-refractivity contribution >= 4 is 11.6 Å². The number of rotatable bonds is 3. The molecule has 168 valence electrons. The number of aryl methyl sites for hydroxylation is 2. The van der Waals surface area contributed by atoms with Crippen LogP contribution in [-0.2, 0) is 20.1 Å². The number of fused-ring (bicyclic) bond motifs is 2. The molecule has 0 spiro atoms. The molecule has 1 aromatic heterocycles. The minimum Gasteiger partial charge on any atom is -0.491 e. The summed E-state index contributed by atoms with van der Waals surface area (Å²) in [6.45, 7) is 7.88. The van der Waals surface area contributed by atoms with Crippen LogP contribution < -0.4 is 10.1 Å². The highest BCUT2D eigenvalue weighted by Crippen LogP contribution is 2.27. The normalized spacial score (nSPS) is 16.4. The van der Waals surface area contributed by atoms with E-state index in [1.165, 1.54) is 0 Å². The third-order valence-corrected chi connectivity index (χ3v) is 5.92. The molecule has 1 aliphatic heterocycles. The van der Waals surface area contributed by atoms with Gasteiger partial charge in [0.25, 0.3) is 5.91 Å². The standard InChI is InChI=1S/C26H32N4O2/c1-18(2)13-22-17-32-25-12-8-6-9-20(25)14-27-24-11-7-5-10-21(24)15-30(22)26(31)23-16-29(4)28-19(23)3/h5-12,16,18,22,27H,13-15,17H2,1-4H3/t22-/m0/s1. The summed E-state index contributed by atoms with van der Waals surface area (Å²) in [4.78, 5) is 15.8. The Hall–Kier alpha value is -3.28. The Morgan fingerprint density at radius 2 is 1.88 bits per heavy atom. The summed E-state index contributed by atoms with van der Waals surface area (Å²) in [5.74, 6) is 1.27. The minimum absolute atomic E-state index is 0.00724. The number of benzene rings is 2. The molecule has 1 aliphatic rings. The highest BCUT2D eigenvalue weighted by molar-refractivity contribution is 5.95. The fraction of sp³-hybridized carbons (Fsp3) is 0.385. The van der Waals surface area contributed by atoms with E-state index < -0.39 is 0 Å². The predicted octanol–water partition coefficient (Wildman–Crippen LogP) is 4.79. The van der Waals surface area contributed by atoms with E-state index in [1.54, 1.807) is 4.68 Å². The Balaban J connectivity index is 1.79. The fourth-order valence-corrected chi connectivity index (χ4v) is 4.34. The van der Waals surface area contributed by atoms with Gasteiger partial charge in [0.1, 0.15) is 12.4 Å². The van der Waals surface area contributed by atoms with Gasteiger partial charge in [-0.2, -0.15) is 5.10 Å². The van der Waals surface area contributed by atoms with E-state index in [2.05, 4.69) is 42.5 Å². The van der Waals surface area contributed by atoms with Gasteiger partial charge in [-0.15, -0.1) is 0 Å². The zero-order chi connectivity index (χ0) is 22.7. The van der Waals surface area contributed by atoms with Crippen molar-refractivity contribution in [2.75, 3.05) is 11.9 Å². The van der Waals surface area contributed by atoms with Gasteiger partial charge in [-0.25, -0.2) is 0 Å². The Morgan fingerprint density at radius 3 is 2.59 bits per heavy atom. The maximum atomic E-state index is 13.8. The van der Waals surface area contributed by atoms with Gasteiger partial charge < -0.3 is 15.0 Å². The average Bonchev–Trinajstić information content (AvgIpc) is 3.10. The molecule has 0 radical (unpaired) electrons. The smallest absolute Gasteiger partial charge is 0.257 e. The van der Waals surface area contributed by atoms with Crippen molar-refractivity contribution in [1.29, 1.82) is 0 Å². The second kappa shape index (κ2) is 9.47. The van der Waals surface area contributed by atoms with E-state index >= 15 is 0 Å². The molecule has 1 N–H and O–H groups in total. The van der Waals surface area contributed by atoms with Crippen LogP contribution in [0.4, 0.5) is 5.69 Å². The molecule has 1 atom stereocenters. The van der Waals surface area contributed by atoms with Crippen LogP contribution in [0.1, 0.15) is 47.4 Å². The van der Waals surface area contributed by atoms with Crippen molar-refractivity contribution in [2.45, 2.75) is 46.3 Å². The van der Waals surface area contributed by atoms with E-state index in [0.717, 1.165) is 34.7 Å². The predicted molar refractivity (Wildman–Crippen MR) is 127 cm³/mol. The lowest BCUT2D eigenvalue weighted by Crippen LogP contribution is -2.44. The lowest BCUT2D eigenvalue weighted by Gasteiger charge is -2.33. The van der Waals surface area contributed by atoms with Gasteiger partial charge in [0, 0.05) is 37.6 Å². The molecular weight excluding hydrogens is 400 g/mol. The summed E-state index contributed by atoms with van der Waals surface area (Å²) in [5.41, 5.74) is 4.62. The summed E-state index contributed by atoms with van der Waals surface area (Å²) in [5, 5.41) is 7.96. The molecule has 0 saturated carbocycles. The molecule has 6 heteroatoms. The number of nitrogens with one attached hydrogen (secondary N) is 1. The number of para-hydroxylation sites is 2. The highest BCUT2D eigenvalue weighted by atomic mass is 16.5. The summed E-state index contributed by atoms with van der Waals surface area (Å²) >= 11 is 0. The first-order valence-corrected chi connectivity index (χ1v) is 11.3. The Labute approximate surface area is 190 Å². The average molecular weight is 433 g/mol. The monoisotopic (exact) mass is 432 g/mol. The number of hydrogen-bond donors (Lipinski definition) is 1. The summed E-state index contributed by atoms with van der Waals surface area (Å²) in [6, 6.07) is 16.3. The van der Waals surface area contributed by atoms with Crippen molar-refractivity contribution in [1.82, 2.24) is 14.7 Å². The Bertz CT molecular complexity index is 1090. The largest absolute Gasteiger partial charge is 0.491 e. The molecule has 6 nitrogen and oxygen atoms in total. The van der Waals surface area contributed by atoms with Gasteiger partial charge in [0.2, 0.25) is 0 Å². The van der Waals surface area contributed by atoms with Crippen LogP contribution >= 0.6 is 0 Å². The molecule has 1 amide bonds. The second-order valence-electron chi connectivity index (χ2n) is 8.95. The van der Waals surface area contributed by atoms with Crippen LogP contribution in [0.3, 0.4) is 0 Å². The Kier molecular flexibility index (Phi) is 6.49. The van der Waals surface area contributed by atoms with Crippen molar-refractivity contribution < 1.29 is 9.53 Å². The summed E-state index contributed by atoms with van der Waals surface area (Å²) < 4.78 is 8.03. The zero-order valence-corrected chi connectivity index (χ0v) is 19.3. The number of carbonyl (C=O) groups is 1. The molecule has 3 aromatic rings. The number of anilines is 1. The molecule has 0 bridgehead atoms. The molecule has 2 heterocycles. The van der Waals surface area contributed by atoms with Crippen LogP contribution in [0.25, 0.3) is 0 Å². The number of carbonyl (C=O) groups excluding carboxylic acids is 1. The first-order valence-electron chi connectivity index (χ1n) is 11.3. The van der Waals surface area contributed by atoms with Crippen LogP contribution in [0, 0.1) is 12.8 Å². The van der Waals surface area contributed by atoms with E-state index in [4.69, 9.17) is 4.74 Å². The number of ether oxygens (including phenoxy) is 1. The van der Waals surface area contributed by atoms with Gasteiger partial charge in [-0.3, -0.25) is 9.48 Å². The van der Waals surface area contributed by atoms with Crippen LogP contribution in [0.5, 0.6) is 5.75 Å².